The second-order valence-electron chi connectivity index (χ2n) is 4.15. The van der Waals surface area contributed by atoms with Crippen LogP contribution in [0.25, 0.3) is 0 Å². The van der Waals surface area contributed by atoms with E-state index in [-0.39, 0.29) is 5.78 Å². The number of allylic oxidation sites excluding steroid dienone is 1. The zero-order valence-electron chi connectivity index (χ0n) is 9.93. The van der Waals surface area contributed by atoms with E-state index in [1.54, 1.807) is 6.07 Å². The molecule has 1 atom stereocenters. The first-order valence-electron chi connectivity index (χ1n) is 5.67. The van der Waals surface area contributed by atoms with E-state index in [1.807, 2.05) is 6.07 Å². The molecule has 0 amide bonds. The third-order valence-corrected chi connectivity index (χ3v) is 3.31. The topological polar surface area (TPSA) is 89.6 Å². The summed E-state index contributed by atoms with van der Waals surface area (Å²) >= 11 is 3.33. The summed E-state index contributed by atoms with van der Waals surface area (Å²) in [7, 11) is 0. The molecule has 0 bridgehead atoms. The molecule has 0 radical (unpaired) electrons. The van der Waals surface area contributed by atoms with Crippen molar-refractivity contribution < 1.29 is 19.4 Å². The summed E-state index contributed by atoms with van der Waals surface area (Å²) < 4.78 is 6.18. The molecule has 100 valence electrons. The fraction of sp³-hybridized carbons (Fsp3) is 0.231. The average molecular weight is 326 g/mol. The van der Waals surface area contributed by atoms with Crippen LogP contribution in [0, 0.1) is 0 Å². The molecule has 1 aliphatic rings. The number of carbonyl (C=O) groups is 2. The highest BCUT2D eigenvalue weighted by Crippen LogP contribution is 2.34. The van der Waals surface area contributed by atoms with Crippen molar-refractivity contribution in [2.45, 2.75) is 18.9 Å². The lowest BCUT2D eigenvalue weighted by molar-refractivity contribution is -0.145. The maximum Gasteiger partial charge on any atom is 0.344 e. The number of ketones is 1. The number of fused-ring (bicyclic) bond motifs is 1. The van der Waals surface area contributed by atoms with Gasteiger partial charge in [0.1, 0.15) is 5.75 Å². The highest BCUT2D eigenvalue weighted by molar-refractivity contribution is 9.10. The number of hydrogen-bond donors (Lipinski definition) is 2. The van der Waals surface area contributed by atoms with Crippen LogP contribution in [0.5, 0.6) is 5.75 Å². The van der Waals surface area contributed by atoms with Crippen LogP contribution in [0.4, 0.5) is 0 Å². The quantitative estimate of drug-likeness (QED) is 0.654. The van der Waals surface area contributed by atoms with E-state index >= 15 is 0 Å². The van der Waals surface area contributed by atoms with Crippen molar-refractivity contribution in [2.24, 2.45) is 5.73 Å². The van der Waals surface area contributed by atoms with Crippen LogP contribution >= 0.6 is 15.9 Å². The Hall–Kier alpha value is -1.82. The van der Waals surface area contributed by atoms with Gasteiger partial charge in [0, 0.05) is 10.5 Å². The molecule has 6 heteroatoms. The van der Waals surface area contributed by atoms with E-state index in [9.17, 15) is 9.59 Å². The van der Waals surface area contributed by atoms with Crippen molar-refractivity contribution in [3.8, 4) is 5.75 Å². The van der Waals surface area contributed by atoms with Gasteiger partial charge in [-0.05, 0) is 36.7 Å². The van der Waals surface area contributed by atoms with Gasteiger partial charge in [-0.3, -0.25) is 4.79 Å². The van der Waals surface area contributed by atoms with E-state index in [0.29, 0.717) is 24.2 Å². The number of aliphatic carboxylic acids is 1. The zero-order chi connectivity index (χ0) is 14.0. The summed E-state index contributed by atoms with van der Waals surface area (Å²) in [5.74, 6) is -1.00. The van der Waals surface area contributed by atoms with Gasteiger partial charge in [-0.25, -0.2) is 4.79 Å². The van der Waals surface area contributed by atoms with Crippen molar-refractivity contribution in [3.05, 3.63) is 40.0 Å². The van der Waals surface area contributed by atoms with Crippen molar-refractivity contribution in [2.75, 3.05) is 0 Å². The van der Waals surface area contributed by atoms with E-state index in [2.05, 4.69) is 15.9 Å². The lowest BCUT2D eigenvalue weighted by Gasteiger charge is -2.25. The molecule has 0 fully saturated rings. The number of aryl methyl sites for hydroxylation is 1. The van der Waals surface area contributed by atoms with Crippen molar-refractivity contribution >= 4 is 27.7 Å². The third-order valence-electron chi connectivity index (χ3n) is 2.86. The minimum absolute atomic E-state index is 0.314. The molecule has 1 aliphatic heterocycles. The Morgan fingerprint density at radius 2 is 2.21 bits per heavy atom. The number of hydrogen-bond acceptors (Lipinski definition) is 4. The van der Waals surface area contributed by atoms with E-state index < -0.39 is 12.1 Å². The molecule has 19 heavy (non-hydrogen) atoms. The van der Waals surface area contributed by atoms with Gasteiger partial charge in [0.15, 0.2) is 11.9 Å². The maximum absolute atomic E-state index is 11.9. The maximum atomic E-state index is 11.9. The molecule has 3 N–H and O–H groups in total. The Bertz CT molecular complexity index is 568. The predicted molar refractivity (Wildman–Crippen MR) is 72.2 cm³/mol. The van der Waals surface area contributed by atoms with Crippen LogP contribution in [0.1, 0.15) is 22.3 Å². The van der Waals surface area contributed by atoms with Gasteiger partial charge in [-0.1, -0.05) is 15.9 Å². The first kappa shape index (κ1) is 13.6. The monoisotopic (exact) mass is 325 g/mol. The Morgan fingerprint density at radius 1 is 1.47 bits per heavy atom. The number of nitrogens with two attached hydrogens (primary N) is 1. The van der Waals surface area contributed by atoms with Crippen molar-refractivity contribution in [1.82, 2.24) is 0 Å². The van der Waals surface area contributed by atoms with Gasteiger partial charge in [0.25, 0.3) is 0 Å². The van der Waals surface area contributed by atoms with E-state index in [1.165, 1.54) is 6.08 Å². The van der Waals surface area contributed by atoms with Crippen LogP contribution in [0.2, 0.25) is 0 Å². The van der Waals surface area contributed by atoms with Crippen molar-refractivity contribution in [1.29, 1.82) is 0 Å². The van der Waals surface area contributed by atoms with Gasteiger partial charge in [-0.2, -0.15) is 0 Å². The molecule has 0 saturated heterocycles. The summed E-state index contributed by atoms with van der Waals surface area (Å²) in [6.45, 7) is 0. The molecule has 0 saturated carbocycles. The predicted octanol–water partition coefficient (Wildman–Crippen LogP) is 1.88. The second-order valence-corrected chi connectivity index (χ2v) is 5.06. The fourth-order valence-electron chi connectivity index (χ4n) is 2.00. The molecule has 0 spiro atoms. The van der Waals surface area contributed by atoms with Gasteiger partial charge in [0.2, 0.25) is 0 Å². The van der Waals surface area contributed by atoms with Crippen LogP contribution < -0.4 is 10.5 Å². The van der Waals surface area contributed by atoms with E-state index in [4.69, 9.17) is 15.6 Å². The molecule has 2 rings (SSSR count). The highest BCUT2D eigenvalue weighted by atomic mass is 79.9. The summed E-state index contributed by atoms with van der Waals surface area (Å²) in [4.78, 5) is 22.9. The molecule has 1 aromatic carbocycles. The number of halogens is 1. The summed E-state index contributed by atoms with van der Waals surface area (Å²) in [6, 6.07) is 3.43. The minimum atomic E-state index is -1.03. The standard InChI is InChI=1S/C13H12BrNO4/c14-8-5-7-1-2-11(13(17)18)19-12(7)9(6-8)10(16)3-4-15/h3-6,11H,1-2,15H2,(H,17,18). The molecule has 0 aliphatic carbocycles. The number of carboxylic acids is 1. The summed E-state index contributed by atoms with van der Waals surface area (Å²) in [6.07, 6.45) is 2.39. The molecule has 1 aromatic rings. The molecule has 5 nitrogen and oxygen atoms in total. The SMILES string of the molecule is NC=CC(=O)c1cc(Br)cc2c1OC(C(=O)O)CC2. The molecular weight excluding hydrogens is 314 g/mol. The number of carbonyl (C=O) groups excluding carboxylic acids is 1. The lowest BCUT2D eigenvalue weighted by atomic mass is 9.97. The molecule has 1 heterocycles. The lowest BCUT2D eigenvalue weighted by Crippen LogP contribution is -2.31. The smallest absolute Gasteiger partial charge is 0.344 e. The fourth-order valence-corrected chi connectivity index (χ4v) is 2.50. The Kier molecular flexibility index (Phi) is 3.90. The number of carboxylic acid groups (broad SMARTS) is 1. The van der Waals surface area contributed by atoms with Crippen LogP contribution in [0.3, 0.4) is 0 Å². The number of ether oxygens (including phenoxy) is 1. The van der Waals surface area contributed by atoms with Crippen LogP contribution in [-0.2, 0) is 11.2 Å². The van der Waals surface area contributed by atoms with Gasteiger partial charge >= 0.3 is 5.97 Å². The normalized spacial score (nSPS) is 17.8. The van der Waals surface area contributed by atoms with E-state index in [0.717, 1.165) is 16.2 Å². The number of benzene rings is 1. The van der Waals surface area contributed by atoms with Gasteiger partial charge in [-0.15, -0.1) is 0 Å². The molecule has 0 aromatic heterocycles. The Balaban J connectivity index is 2.47. The molecular formula is C13H12BrNO4. The van der Waals surface area contributed by atoms with Gasteiger partial charge in [0.05, 0.1) is 5.56 Å². The molecule has 1 unspecified atom stereocenters. The Labute approximate surface area is 118 Å². The first-order chi connectivity index (χ1) is 9.02. The third kappa shape index (κ3) is 2.78. The van der Waals surface area contributed by atoms with Crippen molar-refractivity contribution in [3.63, 3.8) is 0 Å². The van der Waals surface area contributed by atoms with Crippen LogP contribution in [-0.4, -0.2) is 23.0 Å². The largest absolute Gasteiger partial charge is 0.479 e. The summed E-state index contributed by atoms with van der Waals surface area (Å²) in [5, 5.41) is 9.00. The second kappa shape index (κ2) is 5.44. The average Bonchev–Trinajstić information content (AvgIpc) is 2.37. The zero-order valence-corrected chi connectivity index (χ0v) is 11.5. The minimum Gasteiger partial charge on any atom is -0.479 e. The summed E-state index contributed by atoms with van der Waals surface area (Å²) in [5.41, 5.74) is 6.35. The van der Waals surface area contributed by atoms with Gasteiger partial charge < -0.3 is 15.6 Å². The highest BCUT2D eigenvalue weighted by Gasteiger charge is 2.29. The first-order valence-corrected chi connectivity index (χ1v) is 6.46. The van der Waals surface area contributed by atoms with Crippen LogP contribution in [0.15, 0.2) is 28.9 Å². The number of rotatable bonds is 3. The Morgan fingerprint density at radius 3 is 2.84 bits per heavy atom.